The summed E-state index contributed by atoms with van der Waals surface area (Å²) in [4.78, 5) is 8.44. The van der Waals surface area contributed by atoms with E-state index in [1.54, 1.807) is 28.7 Å². The zero-order valence-electron chi connectivity index (χ0n) is 12.1. The second-order valence-electron chi connectivity index (χ2n) is 4.83. The van der Waals surface area contributed by atoms with Gasteiger partial charge in [-0.05, 0) is 35.9 Å². The van der Waals surface area contributed by atoms with Gasteiger partial charge in [0, 0.05) is 24.3 Å². The number of nitrogens with zero attached hydrogens (tertiary/aromatic N) is 6. The lowest BCUT2D eigenvalue weighted by Crippen LogP contribution is -1.97. The number of thioether (sulfide) groups is 1. The summed E-state index contributed by atoms with van der Waals surface area (Å²) < 4.78 is 1.73. The van der Waals surface area contributed by atoms with Gasteiger partial charge >= 0.3 is 0 Å². The molecule has 23 heavy (non-hydrogen) atoms. The Hall–Kier alpha value is -2.80. The van der Waals surface area contributed by atoms with Crippen LogP contribution in [-0.2, 0) is 5.75 Å². The monoisotopic (exact) mass is 320 g/mol. The molecule has 0 fully saturated rings. The summed E-state index contributed by atoms with van der Waals surface area (Å²) in [6, 6.07) is 13.5. The second kappa shape index (κ2) is 6.13. The minimum atomic E-state index is 0.643. The number of hydrogen-bond acceptors (Lipinski definition) is 6. The van der Waals surface area contributed by atoms with Crippen LogP contribution in [0.15, 0.2) is 66.1 Å². The van der Waals surface area contributed by atoms with Crippen LogP contribution in [0.25, 0.3) is 17.2 Å². The zero-order chi connectivity index (χ0) is 15.5. The third kappa shape index (κ3) is 2.91. The maximum absolute atomic E-state index is 4.62. The molecule has 0 aliphatic rings. The number of rotatable bonds is 4. The second-order valence-corrected chi connectivity index (χ2v) is 5.83. The van der Waals surface area contributed by atoms with Crippen molar-refractivity contribution in [2.45, 2.75) is 10.8 Å². The first-order chi connectivity index (χ1) is 11.4. The van der Waals surface area contributed by atoms with Crippen LogP contribution in [0.5, 0.6) is 0 Å². The van der Waals surface area contributed by atoms with Gasteiger partial charge in [-0.15, -0.1) is 10.2 Å². The minimum absolute atomic E-state index is 0.643. The first-order valence-electron chi connectivity index (χ1n) is 7.06. The van der Waals surface area contributed by atoms with Crippen molar-refractivity contribution in [3.8, 4) is 11.5 Å². The van der Waals surface area contributed by atoms with Gasteiger partial charge in [-0.2, -0.15) is 9.61 Å². The molecule has 0 amide bonds. The quantitative estimate of drug-likeness (QED) is 0.539. The average molecular weight is 320 g/mol. The summed E-state index contributed by atoms with van der Waals surface area (Å²) in [5.74, 6) is 1.46. The Labute approximate surface area is 136 Å². The summed E-state index contributed by atoms with van der Waals surface area (Å²) in [6.07, 6.45) is 5.37. The van der Waals surface area contributed by atoms with Crippen molar-refractivity contribution in [1.82, 2.24) is 29.8 Å². The van der Waals surface area contributed by atoms with E-state index >= 15 is 0 Å². The van der Waals surface area contributed by atoms with Gasteiger partial charge in [0.1, 0.15) is 10.7 Å². The van der Waals surface area contributed by atoms with E-state index in [0.29, 0.717) is 11.5 Å². The van der Waals surface area contributed by atoms with Crippen molar-refractivity contribution in [2.75, 3.05) is 0 Å². The Morgan fingerprint density at radius 3 is 2.78 bits per heavy atom. The van der Waals surface area contributed by atoms with Crippen LogP contribution in [0, 0.1) is 0 Å². The van der Waals surface area contributed by atoms with Gasteiger partial charge in [0.25, 0.3) is 0 Å². The highest BCUT2D eigenvalue weighted by atomic mass is 32.2. The molecule has 0 aliphatic carbocycles. The SMILES string of the molecule is c1ccc(-c2nnc3ccc(SCc4cccnc4)nn23)nc1. The predicted molar refractivity (Wildman–Crippen MR) is 87.8 cm³/mol. The Morgan fingerprint density at radius 2 is 1.96 bits per heavy atom. The van der Waals surface area contributed by atoms with E-state index in [0.717, 1.165) is 22.0 Å². The van der Waals surface area contributed by atoms with E-state index < -0.39 is 0 Å². The molecule has 0 atom stereocenters. The van der Waals surface area contributed by atoms with Crippen LogP contribution >= 0.6 is 11.8 Å². The molecule has 4 aromatic heterocycles. The lowest BCUT2D eigenvalue weighted by atomic mass is 10.3. The van der Waals surface area contributed by atoms with E-state index in [9.17, 15) is 0 Å². The van der Waals surface area contributed by atoms with Crippen molar-refractivity contribution in [1.29, 1.82) is 0 Å². The molecule has 112 valence electrons. The molecule has 0 bridgehead atoms. The summed E-state index contributed by atoms with van der Waals surface area (Å²) >= 11 is 1.65. The highest BCUT2D eigenvalue weighted by Crippen LogP contribution is 2.22. The van der Waals surface area contributed by atoms with Gasteiger partial charge in [0.2, 0.25) is 5.82 Å². The summed E-state index contributed by atoms with van der Waals surface area (Å²) in [5, 5.41) is 13.9. The minimum Gasteiger partial charge on any atom is -0.264 e. The van der Waals surface area contributed by atoms with Gasteiger partial charge in [-0.25, -0.2) is 0 Å². The smallest absolute Gasteiger partial charge is 0.203 e. The molecule has 0 saturated heterocycles. The normalized spacial score (nSPS) is 11.0. The zero-order valence-corrected chi connectivity index (χ0v) is 12.9. The molecule has 4 heterocycles. The third-order valence-electron chi connectivity index (χ3n) is 3.24. The molecule has 0 radical (unpaired) electrons. The molecule has 0 unspecified atom stereocenters. The average Bonchev–Trinajstić information content (AvgIpc) is 3.05. The molecule has 4 aromatic rings. The van der Waals surface area contributed by atoms with Crippen LogP contribution in [0.1, 0.15) is 5.56 Å². The van der Waals surface area contributed by atoms with E-state index in [-0.39, 0.29) is 0 Å². The molecule has 0 spiro atoms. The molecule has 0 N–H and O–H groups in total. The lowest BCUT2D eigenvalue weighted by molar-refractivity contribution is 0.857. The summed E-state index contributed by atoms with van der Waals surface area (Å²) in [5.41, 5.74) is 2.62. The Kier molecular flexibility index (Phi) is 3.69. The van der Waals surface area contributed by atoms with E-state index in [4.69, 9.17) is 0 Å². The molecule has 0 aromatic carbocycles. The number of pyridine rings is 2. The van der Waals surface area contributed by atoms with E-state index in [2.05, 4.69) is 31.3 Å². The van der Waals surface area contributed by atoms with Crippen LogP contribution in [0.2, 0.25) is 0 Å². The summed E-state index contributed by atoms with van der Waals surface area (Å²) in [7, 11) is 0. The summed E-state index contributed by atoms with van der Waals surface area (Å²) in [6.45, 7) is 0. The molecule has 0 saturated carbocycles. The van der Waals surface area contributed by atoms with E-state index in [1.807, 2.05) is 42.6 Å². The maximum atomic E-state index is 4.62. The Balaban J connectivity index is 1.65. The third-order valence-corrected chi connectivity index (χ3v) is 4.23. The first kappa shape index (κ1) is 13.8. The number of aromatic nitrogens is 6. The first-order valence-corrected chi connectivity index (χ1v) is 8.04. The van der Waals surface area contributed by atoms with Gasteiger partial charge in [0.05, 0.1) is 0 Å². The predicted octanol–water partition coefficient (Wildman–Crippen LogP) is 2.87. The molecule has 4 rings (SSSR count). The van der Waals surface area contributed by atoms with Crippen molar-refractivity contribution < 1.29 is 0 Å². The number of hydrogen-bond donors (Lipinski definition) is 0. The number of fused-ring (bicyclic) bond motifs is 1. The largest absolute Gasteiger partial charge is 0.264 e. The van der Waals surface area contributed by atoms with Gasteiger partial charge in [-0.1, -0.05) is 23.9 Å². The molecule has 7 heteroatoms. The van der Waals surface area contributed by atoms with Crippen molar-refractivity contribution >= 4 is 17.4 Å². The van der Waals surface area contributed by atoms with E-state index in [1.165, 1.54) is 0 Å². The van der Waals surface area contributed by atoms with Crippen molar-refractivity contribution in [3.05, 3.63) is 66.6 Å². The maximum Gasteiger partial charge on any atom is 0.203 e. The molecule has 6 nitrogen and oxygen atoms in total. The standard InChI is InChI=1S/C16H12N6S/c1-2-9-18-13(5-1)16-20-19-14-6-7-15(21-22(14)16)23-11-12-4-3-8-17-10-12/h1-10H,11H2. The van der Waals surface area contributed by atoms with Gasteiger partial charge < -0.3 is 0 Å². The Morgan fingerprint density at radius 1 is 0.957 bits per heavy atom. The molecular weight excluding hydrogens is 308 g/mol. The van der Waals surface area contributed by atoms with Crippen LogP contribution < -0.4 is 0 Å². The van der Waals surface area contributed by atoms with Gasteiger partial charge in [0.15, 0.2) is 5.65 Å². The Bertz CT molecular complexity index is 923. The van der Waals surface area contributed by atoms with Crippen LogP contribution in [0.4, 0.5) is 0 Å². The fourth-order valence-corrected chi connectivity index (χ4v) is 2.93. The fraction of sp³-hybridized carbons (Fsp3) is 0.0625. The highest BCUT2D eigenvalue weighted by Gasteiger charge is 2.11. The highest BCUT2D eigenvalue weighted by molar-refractivity contribution is 7.98. The van der Waals surface area contributed by atoms with Gasteiger partial charge in [-0.3, -0.25) is 9.97 Å². The van der Waals surface area contributed by atoms with Crippen molar-refractivity contribution in [3.63, 3.8) is 0 Å². The van der Waals surface area contributed by atoms with Crippen LogP contribution in [-0.4, -0.2) is 29.8 Å². The van der Waals surface area contributed by atoms with Crippen LogP contribution in [0.3, 0.4) is 0 Å². The molecule has 0 aliphatic heterocycles. The lowest BCUT2D eigenvalue weighted by Gasteiger charge is -2.03. The van der Waals surface area contributed by atoms with Crippen molar-refractivity contribution in [2.24, 2.45) is 0 Å². The topological polar surface area (TPSA) is 68.9 Å². The fourth-order valence-electron chi connectivity index (χ4n) is 2.14. The molecular formula is C16H12N6S.